The van der Waals surface area contributed by atoms with Gasteiger partial charge < -0.3 is 9.30 Å². The van der Waals surface area contributed by atoms with Crippen LogP contribution in [0.25, 0.3) is 5.65 Å². The molecule has 2 aromatic heterocycles. The van der Waals surface area contributed by atoms with Crippen molar-refractivity contribution in [1.29, 1.82) is 0 Å². The Labute approximate surface area is 170 Å². The van der Waals surface area contributed by atoms with Crippen LogP contribution in [-0.2, 0) is 6.54 Å². The summed E-state index contributed by atoms with van der Waals surface area (Å²) in [6.45, 7) is 0.178. The van der Waals surface area contributed by atoms with Crippen LogP contribution in [-0.4, -0.2) is 20.2 Å². The summed E-state index contributed by atoms with van der Waals surface area (Å²) in [6.07, 6.45) is 3.54. The quantitative estimate of drug-likeness (QED) is 0.354. The Balaban J connectivity index is 1.81. The third-order valence-electron chi connectivity index (χ3n) is 4.51. The maximum atomic E-state index is 13.4. The Morgan fingerprint density at radius 2 is 1.86 bits per heavy atom. The fourth-order valence-electron chi connectivity index (χ4n) is 3.14. The molecule has 0 bridgehead atoms. The SMILES string of the molecule is O=C(c1cc(Cl)ccc1[N+](=O)[O-])N(Cc1cnc2ccccn12)c1ccccc1. The molecule has 0 radical (unpaired) electrons. The van der Waals surface area contributed by atoms with E-state index in [4.69, 9.17) is 11.6 Å². The number of carbonyl (C=O) groups is 1. The molecule has 8 heteroatoms. The highest BCUT2D eigenvalue weighted by atomic mass is 35.5. The summed E-state index contributed by atoms with van der Waals surface area (Å²) in [5.41, 5.74) is 1.76. The van der Waals surface area contributed by atoms with Crippen LogP contribution < -0.4 is 4.90 Å². The summed E-state index contributed by atoms with van der Waals surface area (Å²) in [6, 6.07) is 18.6. The number of rotatable bonds is 5. The van der Waals surface area contributed by atoms with Gasteiger partial charge in [0.25, 0.3) is 11.6 Å². The van der Waals surface area contributed by atoms with Crippen molar-refractivity contribution in [1.82, 2.24) is 9.38 Å². The van der Waals surface area contributed by atoms with E-state index >= 15 is 0 Å². The zero-order chi connectivity index (χ0) is 20.4. The maximum Gasteiger partial charge on any atom is 0.282 e. The minimum absolute atomic E-state index is 0.0693. The zero-order valence-electron chi connectivity index (χ0n) is 15.1. The van der Waals surface area contributed by atoms with Crippen molar-refractivity contribution < 1.29 is 9.72 Å². The lowest BCUT2D eigenvalue weighted by Gasteiger charge is -2.23. The lowest BCUT2D eigenvalue weighted by Crippen LogP contribution is -2.31. The minimum Gasteiger partial charge on any atom is -0.302 e. The van der Waals surface area contributed by atoms with Gasteiger partial charge in [0.1, 0.15) is 11.2 Å². The fourth-order valence-corrected chi connectivity index (χ4v) is 3.31. The minimum atomic E-state index is -0.582. The van der Waals surface area contributed by atoms with Crippen LogP contribution >= 0.6 is 11.6 Å². The monoisotopic (exact) mass is 406 g/mol. The number of imidazole rings is 1. The van der Waals surface area contributed by atoms with Gasteiger partial charge in [-0.3, -0.25) is 14.9 Å². The highest BCUT2D eigenvalue weighted by molar-refractivity contribution is 6.31. The van der Waals surface area contributed by atoms with Gasteiger partial charge in [-0.2, -0.15) is 0 Å². The Hall–Kier alpha value is -3.71. The van der Waals surface area contributed by atoms with Crippen LogP contribution in [0, 0.1) is 10.1 Å². The van der Waals surface area contributed by atoms with E-state index in [2.05, 4.69) is 4.98 Å². The van der Waals surface area contributed by atoms with Gasteiger partial charge >= 0.3 is 0 Å². The molecule has 0 aliphatic heterocycles. The molecule has 0 aliphatic carbocycles. The molecule has 0 aliphatic rings. The largest absolute Gasteiger partial charge is 0.302 e. The molecule has 2 heterocycles. The first-order valence-electron chi connectivity index (χ1n) is 8.76. The van der Waals surface area contributed by atoms with E-state index in [0.717, 1.165) is 11.3 Å². The number of pyridine rings is 1. The Morgan fingerprint density at radius 1 is 1.10 bits per heavy atom. The van der Waals surface area contributed by atoms with E-state index in [-0.39, 0.29) is 22.8 Å². The van der Waals surface area contributed by atoms with Crippen LogP contribution in [0.2, 0.25) is 5.02 Å². The summed E-state index contributed by atoms with van der Waals surface area (Å²) in [7, 11) is 0. The number of nitro benzene ring substituents is 1. The summed E-state index contributed by atoms with van der Waals surface area (Å²) >= 11 is 6.03. The molecule has 144 valence electrons. The lowest BCUT2D eigenvalue weighted by atomic mass is 10.1. The van der Waals surface area contributed by atoms with E-state index in [1.54, 1.807) is 30.5 Å². The first-order chi connectivity index (χ1) is 14.0. The third-order valence-corrected chi connectivity index (χ3v) is 4.75. The second kappa shape index (κ2) is 7.73. The normalized spacial score (nSPS) is 10.8. The van der Waals surface area contributed by atoms with Gasteiger partial charge in [0.2, 0.25) is 0 Å². The average Bonchev–Trinajstić information content (AvgIpc) is 3.15. The molecule has 0 saturated heterocycles. The number of fused-ring (bicyclic) bond motifs is 1. The number of para-hydroxylation sites is 1. The summed E-state index contributed by atoms with van der Waals surface area (Å²) < 4.78 is 1.87. The van der Waals surface area contributed by atoms with E-state index in [0.29, 0.717) is 5.69 Å². The standard InChI is InChI=1S/C21H15ClN4O3/c22-15-9-10-19(26(28)29)18(12-15)21(27)25(16-6-2-1-3-7-16)14-17-13-23-20-8-4-5-11-24(17)20/h1-13H,14H2. The molecule has 29 heavy (non-hydrogen) atoms. The second-order valence-corrected chi connectivity index (χ2v) is 6.76. The zero-order valence-corrected chi connectivity index (χ0v) is 15.9. The molecule has 0 fully saturated rings. The number of amides is 1. The van der Waals surface area contributed by atoms with Crippen molar-refractivity contribution in [2.45, 2.75) is 6.54 Å². The van der Waals surface area contributed by atoms with Crippen molar-refractivity contribution in [2.24, 2.45) is 0 Å². The predicted molar refractivity (Wildman–Crippen MR) is 110 cm³/mol. The molecule has 0 unspecified atom stereocenters. The van der Waals surface area contributed by atoms with Gasteiger partial charge in [-0.05, 0) is 36.4 Å². The van der Waals surface area contributed by atoms with Crippen molar-refractivity contribution in [3.8, 4) is 0 Å². The summed E-state index contributed by atoms with van der Waals surface area (Å²) in [4.78, 5) is 30.1. The van der Waals surface area contributed by atoms with Crippen molar-refractivity contribution >= 4 is 34.5 Å². The van der Waals surface area contributed by atoms with E-state index in [9.17, 15) is 14.9 Å². The molecule has 0 atom stereocenters. The molecule has 0 N–H and O–H groups in total. The molecule has 2 aromatic carbocycles. The van der Waals surface area contributed by atoms with Gasteiger partial charge in [-0.25, -0.2) is 4.98 Å². The van der Waals surface area contributed by atoms with Crippen LogP contribution in [0.1, 0.15) is 16.1 Å². The molecule has 7 nitrogen and oxygen atoms in total. The summed E-state index contributed by atoms with van der Waals surface area (Å²) in [5.74, 6) is -0.517. The molecule has 4 aromatic rings. The molecular weight excluding hydrogens is 392 g/mol. The van der Waals surface area contributed by atoms with Crippen molar-refractivity contribution in [3.05, 3.63) is 106 Å². The number of halogens is 1. The van der Waals surface area contributed by atoms with Crippen LogP contribution in [0.5, 0.6) is 0 Å². The number of hydrogen-bond donors (Lipinski definition) is 0. The van der Waals surface area contributed by atoms with Gasteiger partial charge in [-0.15, -0.1) is 0 Å². The average molecular weight is 407 g/mol. The molecule has 0 saturated carbocycles. The van der Waals surface area contributed by atoms with E-state index < -0.39 is 10.8 Å². The summed E-state index contributed by atoms with van der Waals surface area (Å²) in [5, 5.41) is 11.7. The second-order valence-electron chi connectivity index (χ2n) is 6.32. The fraction of sp³-hybridized carbons (Fsp3) is 0.0476. The molecular formula is C21H15ClN4O3. The van der Waals surface area contributed by atoms with Crippen molar-refractivity contribution in [3.63, 3.8) is 0 Å². The Bertz CT molecular complexity index is 1210. The number of nitrogens with zero attached hydrogens (tertiary/aromatic N) is 4. The van der Waals surface area contributed by atoms with Crippen LogP contribution in [0.15, 0.2) is 79.1 Å². The number of carbonyl (C=O) groups excluding carboxylic acids is 1. The predicted octanol–water partition coefficient (Wildman–Crippen LogP) is 4.74. The third kappa shape index (κ3) is 3.68. The highest BCUT2D eigenvalue weighted by Gasteiger charge is 2.27. The lowest BCUT2D eigenvalue weighted by molar-refractivity contribution is -0.385. The maximum absolute atomic E-state index is 13.4. The van der Waals surface area contributed by atoms with Crippen LogP contribution in [0.3, 0.4) is 0 Å². The van der Waals surface area contributed by atoms with Gasteiger partial charge in [0.15, 0.2) is 0 Å². The molecule has 1 amide bonds. The Kier molecular flexibility index (Phi) is 4.97. The number of benzene rings is 2. The number of nitro groups is 1. The first-order valence-corrected chi connectivity index (χ1v) is 9.14. The number of hydrogen-bond acceptors (Lipinski definition) is 4. The van der Waals surface area contributed by atoms with Gasteiger partial charge in [-0.1, -0.05) is 35.9 Å². The molecule has 0 spiro atoms. The van der Waals surface area contributed by atoms with Crippen LogP contribution in [0.4, 0.5) is 11.4 Å². The smallest absolute Gasteiger partial charge is 0.282 e. The van der Waals surface area contributed by atoms with E-state index in [1.165, 1.54) is 23.1 Å². The van der Waals surface area contributed by atoms with E-state index in [1.807, 2.05) is 34.9 Å². The highest BCUT2D eigenvalue weighted by Crippen LogP contribution is 2.27. The number of aromatic nitrogens is 2. The Morgan fingerprint density at radius 3 is 2.62 bits per heavy atom. The van der Waals surface area contributed by atoms with Gasteiger partial charge in [0.05, 0.1) is 23.4 Å². The first kappa shape index (κ1) is 18.6. The topological polar surface area (TPSA) is 80.8 Å². The van der Waals surface area contributed by atoms with Gasteiger partial charge in [0, 0.05) is 23.0 Å². The number of anilines is 1. The van der Waals surface area contributed by atoms with Crippen molar-refractivity contribution in [2.75, 3.05) is 4.90 Å². The molecule has 4 rings (SSSR count).